The van der Waals surface area contributed by atoms with Gasteiger partial charge in [0, 0.05) is 25.7 Å². The molecule has 2 fully saturated rings. The number of likely N-dealkylation sites (N-methyl/N-ethyl adjacent to an activating group) is 1. The zero-order valence-corrected chi connectivity index (χ0v) is 16.2. The van der Waals surface area contributed by atoms with E-state index in [0.717, 1.165) is 19.3 Å². The van der Waals surface area contributed by atoms with Crippen LogP contribution in [0.5, 0.6) is 0 Å². The third-order valence-electron chi connectivity index (χ3n) is 6.20. The number of hydrogen-bond acceptors (Lipinski definition) is 3. The summed E-state index contributed by atoms with van der Waals surface area (Å²) in [5.74, 6) is -2.21. The van der Waals surface area contributed by atoms with E-state index in [2.05, 4.69) is 0 Å². The summed E-state index contributed by atoms with van der Waals surface area (Å²) in [5.41, 5.74) is -0.754. The predicted octanol–water partition coefficient (Wildman–Crippen LogP) is 2.92. The number of carbonyl (C=O) groups excluding carboxylic acids is 2. The van der Waals surface area contributed by atoms with Gasteiger partial charge in [-0.25, -0.2) is 9.18 Å². The molecule has 1 aliphatic carbocycles. The SMILES string of the molecule is CN(C(=O)C1CCCN(C(=O)c2ccc(F)cc2)C1)C1(C(=O)O)CCCCC1. The highest BCUT2D eigenvalue weighted by Crippen LogP contribution is 2.35. The zero-order valence-electron chi connectivity index (χ0n) is 16.2. The molecule has 0 spiro atoms. The van der Waals surface area contributed by atoms with Gasteiger partial charge >= 0.3 is 5.97 Å². The molecule has 3 rings (SSSR count). The molecule has 1 atom stereocenters. The second kappa shape index (κ2) is 8.29. The molecule has 0 radical (unpaired) electrons. The Hall–Kier alpha value is -2.44. The molecule has 1 aliphatic heterocycles. The first-order chi connectivity index (χ1) is 13.3. The lowest BCUT2D eigenvalue weighted by molar-refractivity contribution is -0.162. The van der Waals surface area contributed by atoms with Crippen LogP contribution in [-0.2, 0) is 9.59 Å². The summed E-state index contributed by atoms with van der Waals surface area (Å²) in [6.07, 6.45) is 4.82. The quantitative estimate of drug-likeness (QED) is 0.858. The lowest BCUT2D eigenvalue weighted by atomic mass is 9.79. The van der Waals surface area contributed by atoms with Crippen molar-refractivity contribution in [1.82, 2.24) is 9.80 Å². The highest BCUT2D eigenvalue weighted by Gasteiger charge is 2.47. The van der Waals surface area contributed by atoms with Crippen LogP contribution in [0.1, 0.15) is 55.3 Å². The lowest BCUT2D eigenvalue weighted by Gasteiger charge is -2.43. The molecule has 1 heterocycles. The Balaban J connectivity index is 1.72. The van der Waals surface area contributed by atoms with E-state index in [1.165, 1.54) is 29.2 Å². The maximum absolute atomic E-state index is 13.1. The van der Waals surface area contributed by atoms with Crippen molar-refractivity contribution in [3.8, 4) is 0 Å². The predicted molar refractivity (Wildman–Crippen MR) is 101 cm³/mol. The van der Waals surface area contributed by atoms with Crippen molar-refractivity contribution < 1.29 is 23.9 Å². The van der Waals surface area contributed by atoms with Crippen LogP contribution in [0.25, 0.3) is 0 Å². The normalized spacial score (nSPS) is 21.8. The molecule has 6 nitrogen and oxygen atoms in total. The Morgan fingerprint density at radius 1 is 1.11 bits per heavy atom. The minimum absolute atomic E-state index is 0.207. The second-order valence-corrected chi connectivity index (χ2v) is 7.89. The molecule has 1 N–H and O–H groups in total. The van der Waals surface area contributed by atoms with Gasteiger partial charge in [-0.15, -0.1) is 0 Å². The number of rotatable bonds is 4. The number of halogens is 1. The first-order valence-corrected chi connectivity index (χ1v) is 9.91. The summed E-state index contributed by atoms with van der Waals surface area (Å²) >= 11 is 0. The van der Waals surface area contributed by atoms with Crippen LogP contribution in [0.15, 0.2) is 24.3 Å². The molecule has 28 heavy (non-hydrogen) atoms. The molecule has 1 aromatic carbocycles. The van der Waals surface area contributed by atoms with Gasteiger partial charge in [-0.2, -0.15) is 0 Å². The van der Waals surface area contributed by atoms with Gasteiger partial charge in [0.05, 0.1) is 5.92 Å². The monoisotopic (exact) mass is 390 g/mol. The van der Waals surface area contributed by atoms with E-state index in [4.69, 9.17) is 0 Å². The summed E-state index contributed by atoms with van der Waals surface area (Å²) in [5, 5.41) is 9.83. The molecular formula is C21H27FN2O4. The molecule has 1 saturated carbocycles. The van der Waals surface area contributed by atoms with Gasteiger partial charge in [0.15, 0.2) is 0 Å². The molecule has 152 valence electrons. The second-order valence-electron chi connectivity index (χ2n) is 7.89. The number of likely N-dealkylation sites (tertiary alicyclic amines) is 1. The summed E-state index contributed by atoms with van der Waals surface area (Å²) in [6, 6.07) is 5.37. The third kappa shape index (κ3) is 3.88. The minimum Gasteiger partial charge on any atom is -0.479 e. The Morgan fingerprint density at radius 2 is 1.75 bits per heavy atom. The Bertz CT molecular complexity index is 743. The van der Waals surface area contributed by atoms with E-state index in [9.17, 15) is 23.9 Å². The summed E-state index contributed by atoms with van der Waals surface area (Å²) in [6.45, 7) is 0.795. The van der Waals surface area contributed by atoms with Crippen LogP contribution in [0, 0.1) is 11.7 Å². The van der Waals surface area contributed by atoms with Crippen molar-refractivity contribution in [3.05, 3.63) is 35.6 Å². The largest absolute Gasteiger partial charge is 0.479 e. The summed E-state index contributed by atoms with van der Waals surface area (Å²) in [4.78, 5) is 40.9. The first-order valence-electron chi connectivity index (χ1n) is 9.91. The molecule has 1 unspecified atom stereocenters. The molecule has 0 bridgehead atoms. The van der Waals surface area contributed by atoms with Crippen molar-refractivity contribution in [2.24, 2.45) is 5.92 Å². The van der Waals surface area contributed by atoms with Crippen molar-refractivity contribution in [2.75, 3.05) is 20.1 Å². The van der Waals surface area contributed by atoms with E-state index in [-0.39, 0.29) is 18.4 Å². The smallest absolute Gasteiger partial charge is 0.329 e. The fourth-order valence-electron chi connectivity index (χ4n) is 4.45. The Kier molecular flexibility index (Phi) is 6.01. The van der Waals surface area contributed by atoms with Gasteiger partial charge in [-0.3, -0.25) is 9.59 Å². The first kappa shape index (κ1) is 20.3. The molecule has 1 aromatic rings. The average molecular weight is 390 g/mol. The molecule has 2 amide bonds. The Labute approximate surface area is 164 Å². The number of carboxylic acids is 1. The number of carbonyl (C=O) groups is 3. The van der Waals surface area contributed by atoms with Gasteiger partial charge < -0.3 is 14.9 Å². The van der Waals surface area contributed by atoms with Crippen molar-refractivity contribution in [3.63, 3.8) is 0 Å². The van der Waals surface area contributed by atoms with Gasteiger partial charge in [0.25, 0.3) is 5.91 Å². The Morgan fingerprint density at radius 3 is 2.36 bits per heavy atom. The average Bonchev–Trinajstić information content (AvgIpc) is 2.73. The highest BCUT2D eigenvalue weighted by atomic mass is 19.1. The highest BCUT2D eigenvalue weighted by molar-refractivity contribution is 5.95. The standard InChI is InChI=1S/C21H27FN2O4/c1-23(21(20(27)28)11-3-2-4-12-21)18(25)16-6-5-13-24(14-16)19(26)15-7-9-17(22)10-8-15/h7-10,16H,2-6,11-14H2,1H3,(H,27,28). The van der Waals surface area contributed by atoms with E-state index in [1.807, 2.05) is 0 Å². The number of aliphatic carboxylic acids is 1. The van der Waals surface area contributed by atoms with Crippen LogP contribution in [0.3, 0.4) is 0 Å². The molecular weight excluding hydrogens is 363 g/mol. The van der Waals surface area contributed by atoms with Crippen molar-refractivity contribution >= 4 is 17.8 Å². The molecule has 2 aliphatic rings. The van der Waals surface area contributed by atoms with E-state index in [0.29, 0.717) is 37.8 Å². The van der Waals surface area contributed by atoms with E-state index in [1.54, 1.807) is 11.9 Å². The number of amides is 2. The maximum atomic E-state index is 13.1. The van der Waals surface area contributed by atoms with Crippen LogP contribution < -0.4 is 0 Å². The molecule has 1 saturated heterocycles. The minimum atomic E-state index is -1.14. The molecule has 0 aromatic heterocycles. The number of carboxylic acid groups (broad SMARTS) is 1. The summed E-state index contributed by atoms with van der Waals surface area (Å²) < 4.78 is 13.1. The van der Waals surface area contributed by atoms with Gasteiger partial charge in [0.2, 0.25) is 5.91 Å². The van der Waals surface area contributed by atoms with Gasteiger partial charge in [-0.05, 0) is 49.9 Å². The van der Waals surface area contributed by atoms with Gasteiger partial charge in [0.1, 0.15) is 11.4 Å². The van der Waals surface area contributed by atoms with Crippen LogP contribution in [-0.4, -0.2) is 58.4 Å². The number of piperidine rings is 1. The van der Waals surface area contributed by atoms with Crippen LogP contribution in [0.4, 0.5) is 4.39 Å². The van der Waals surface area contributed by atoms with E-state index < -0.39 is 23.2 Å². The lowest BCUT2D eigenvalue weighted by Crippen LogP contribution is -2.59. The van der Waals surface area contributed by atoms with E-state index >= 15 is 0 Å². The van der Waals surface area contributed by atoms with Crippen LogP contribution in [0.2, 0.25) is 0 Å². The fraction of sp³-hybridized carbons (Fsp3) is 0.571. The van der Waals surface area contributed by atoms with Crippen molar-refractivity contribution in [2.45, 2.75) is 50.5 Å². The van der Waals surface area contributed by atoms with Gasteiger partial charge in [-0.1, -0.05) is 19.3 Å². The van der Waals surface area contributed by atoms with Crippen LogP contribution >= 0.6 is 0 Å². The maximum Gasteiger partial charge on any atom is 0.329 e. The topological polar surface area (TPSA) is 77.9 Å². The molecule has 7 heteroatoms. The van der Waals surface area contributed by atoms with Crippen molar-refractivity contribution in [1.29, 1.82) is 0 Å². The third-order valence-corrected chi connectivity index (χ3v) is 6.20. The zero-order chi connectivity index (χ0) is 20.3. The number of benzene rings is 1. The fourth-order valence-corrected chi connectivity index (χ4v) is 4.45. The number of hydrogen-bond donors (Lipinski definition) is 1. The summed E-state index contributed by atoms with van der Waals surface area (Å²) in [7, 11) is 1.59. The number of nitrogens with zero attached hydrogens (tertiary/aromatic N) is 2.